The maximum Gasteiger partial charge on any atom is 0.121 e. The van der Waals surface area contributed by atoms with E-state index in [0.29, 0.717) is 0 Å². The summed E-state index contributed by atoms with van der Waals surface area (Å²) in [6.07, 6.45) is 3.72. The quantitative estimate of drug-likeness (QED) is 0.921. The number of halogens is 1. The van der Waals surface area contributed by atoms with Crippen LogP contribution in [0.1, 0.15) is 12.6 Å². The lowest BCUT2D eigenvalue weighted by Gasteiger charge is -2.11. The number of imidazole rings is 1. The van der Waals surface area contributed by atoms with Crippen LogP contribution in [0.4, 0.5) is 5.69 Å². The molecule has 0 fully saturated rings. The van der Waals surface area contributed by atoms with Gasteiger partial charge >= 0.3 is 0 Å². The number of anilines is 1. The zero-order valence-corrected chi connectivity index (χ0v) is 12.1. The van der Waals surface area contributed by atoms with Crippen molar-refractivity contribution in [2.24, 2.45) is 0 Å². The molecule has 0 bridgehead atoms. The van der Waals surface area contributed by atoms with Gasteiger partial charge < -0.3 is 14.6 Å². The van der Waals surface area contributed by atoms with E-state index in [0.717, 1.165) is 34.7 Å². The zero-order chi connectivity index (χ0) is 13.0. The van der Waals surface area contributed by atoms with Gasteiger partial charge in [-0.05, 0) is 35.0 Å². The molecule has 0 atom stereocenters. The highest BCUT2D eigenvalue weighted by Gasteiger charge is 2.04. The number of ether oxygens (including phenoxy) is 1. The molecule has 18 heavy (non-hydrogen) atoms. The predicted molar refractivity (Wildman–Crippen MR) is 75.9 cm³/mol. The molecule has 1 N–H and O–H groups in total. The number of aromatic nitrogens is 2. The molecule has 2 aromatic rings. The number of rotatable bonds is 5. The summed E-state index contributed by atoms with van der Waals surface area (Å²) in [6.45, 7) is 3.77. The Kier molecular flexibility index (Phi) is 4.25. The van der Waals surface area contributed by atoms with Crippen molar-refractivity contribution < 1.29 is 4.74 Å². The number of nitrogens with zero attached hydrogens (tertiary/aromatic N) is 2. The van der Waals surface area contributed by atoms with Crippen LogP contribution in [0.3, 0.4) is 0 Å². The van der Waals surface area contributed by atoms with E-state index in [1.54, 1.807) is 7.11 Å². The monoisotopic (exact) mass is 309 g/mol. The first-order valence-electron chi connectivity index (χ1n) is 5.81. The molecule has 0 radical (unpaired) electrons. The number of hydrogen-bond donors (Lipinski definition) is 1. The molecule has 2 rings (SSSR count). The molecule has 4 nitrogen and oxygen atoms in total. The summed E-state index contributed by atoms with van der Waals surface area (Å²) in [4.78, 5) is 4.15. The third kappa shape index (κ3) is 2.85. The highest BCUT2D eigenvalue weighted by atomic mass is 79.9. The van der Waals surface area contributed by atoms with E-state index in [-0.39, 0.29) is 0 Å². The molecule has 1 aromatic carbocycles. The number of methoxy groups -OCH3 is 1. The molecular formula is C13H16BrN3O. The van der Waals surface area contributed by atoms with Gasteiger partial charge in [-0.2, -0.15) is 0 Å². The SMILES string of the molecule is CCn1cncc1CNc1cc(OC)ccc1Br. The second-order valence-electron chi connectivity index (χ2n) is 3.87. The maximum absolute atomic E-state index is 5.21. The summed E-state index contributed by atoms with van der Waals surface area (Å²) in [7, 11) is 1.67. The average molecular weight is 310 g/mol. The zero-order valence-electron chi connectivity index (χ0n) is 10.5. The topological polar surface area (TPSA) is 39.1 Å². The smallest absolute Gasteiger partial charge is 0.121 e. The summed E-state index contributed by atoms with van der Waals surface area (Å²) in [5.41, 5.74) is 2.17. The Morgan fingerprint density at radius 1 is 1.44 bits per heavy atom. The molecule has 0 aliphatic rings. The third-order valence-electron chi connectivity index (χ3n) is 2.77. The van der Waals surface area contributed by atoms with Crippen LogP contribution in [0.2, 0.25) is 0 Å². The van der Waals surface area contributed by atoms with Crippen molar-refractivity contribution in [3.8, 4) is 5.75 Å². The van der Waals surface area contributed by atoms with Gasteiger partial charge in [0.25, 0.3) is 0 Å². The van der Waals surface area contributed by atoms with Crippen LogP contribution >= 0.6 is 15.9 Å². The minimum Gasteiger partial charge on any atom is -0.497 e. The highest BCUT2D eigenvalue weighted by molar-refractivity contribution is 9.10. The van der Waals surface area contributed by atoms with Gasteiger partial charge in [0.2, 0.25) is 0 Å². The molecule has 0 saturated carbocycles. The van der Waals surface area contributed by atoms with Crippen LogP contribution in [0.15, 0.2) is 35.2 Å². The van der Waals surface area contributed by atoms with E-state index >= 15 is 0 Å². The Morgan fingerprint density at radius 3 is 3.00 bits per heavy atom. The molecule has 0 unspecified atom stereocenters. The fourth-order valence-electron chi connectivity index (χ4n) is 1.73. The molecular weight excluding hydrogens is 294 g/mol. The van der Waals surface area contributed by atoms with Crippen LogP contribution in [0.5, 0.6) is 5.75 Å². The van der Waals surface area contributed by atoms with Gasteiger partial charge in [-0.3, -0.25) is 0 Å². The Bertz CT molecular complexity index is 525. The lowest BCUT2D eigenvalue weighted by atomic mass is 10.3. The van der Waals surface area contributed by atoms with Crippen LogP contribution in [0, 0.1) is 0 Å². The number of hydrogen-bond acceptors (Lipinski definition) is 3. The third-order valence-corrected chi connectivity index (χ3v) is 3.46. The van der Waals surface area contributed by atoms with Crippen molar-refractivity contribution >= 4 is 21.6 Å². The van der Waals surface area contributed by atoms with E-state index in [1.165, 1.54) is 0 Å². The first-order chi connectivity index (χ1) is 8.74. The first-order valence-corrected chi connectivity index (χ1v) is 6.60. The van der Waals surface area contributed by atoms with E-state index in [1.807, 2.05) is 30.7 Å². The van der Waals surface area contributed by atoms with Crippen molar-refractivity contribution in [2.45, 2.75) is 20.0 Å². The molecule has 0 saturated heterocycles. The molecule has 0 amide bonds. The summed E-state index contributed by atoms with van der Waals surface area (Å²) in [5.74, 6) is 0.838. The number of benzene rings is 1. The van der Waals surface area contributed by atoms with Crippen LogP contribution in [0.25, 0.3) is 0 Å². The summed E-state index contributed by atoms with van der Waals surface area (Å²) < 4.78 is 8.34. The molecule has 5 heteroatoms. The van der Waals surface area contributed by atoms with Gasteiger partial charge in [-0.1, -0.05) is 0 Å². The first kappa shape index (κ1) is 13.0. The molecule has 96 valence electrons. The normalized spacial score (nSPS) is 10.4. The molecule has 1 aromatic heterocycles. The van der Waals surface area contributed by atoms with Crippen molar-refractivity contribution in [1.82, 2.24) is 9.55 Å². The van der Waals surface area contributed by atoms with Crippen molar-refractivity contribution in [2.75, 3.05) is 12.4 Å². The summed E-state index contributed by atoms with van der Waals surface area (Å²) in [5, 5.41) is 3.38. The van der Waals surface area contributed by atoms with Crippen LogP contribution in [-0.2, 0) is 13.1 Å². The minimum absolute atomic E-state index is 0.736. The van der Waals surface area contributed by atoms with E-state index in [4.69, 9.17) is 4.74 Å². The standard InChI is InChI=1S/C13H16BrN3O/c1-3-17-9-15-7-10(17)8-16-13-6-11(18-2)4-5-12(13)14/h4-7,9,16H,3,8H2,1-2H3. The second-order valence-corrected chi connectivity index (χ2v) is 4.72. The van der Waals surface area contributed by atoms with Crippen molar-refractivity contribution in [3.05, 3.63) is 40.9 Å². The highest BCUT2D eigenvalue weighted by Crippen LogP contribution is 2.27. The van der Waals surface area contributed by atoms with Gasteiger partial charge in [0.15, 0.2) is 0 Å². The average Bonchev–Trinajstić information content (AvgIpc) is 2.85. The minimum atomic E-state index is 0.736. The number of aryl methyl sites for hydroxylation is 1. The van der Waals surface area contributed by atoms with Gasteiger partial charge in [-0.15, -0.1) is 0 Å². The lowest BCUT2D eigenvalue weighted by molar-refractivity contribution is 0.415. The number of nitrogens with one attached hydrogen (secondary N) is 1. The second kappa shape index (κ2) is 5.91. The Hall–Kier alpha value is -1.49. The fourth-order valence-corrected chi connectivity index (χ4v) is 2.12. The predicted octanol–water partition coefficient (Wildman–Crippen LogP) is 3.29. The van der Waals surface area contributed by atoms with E-state index in [9.17, 15) is 0 Å². The van der Waals surface area contributed by atoms with Crippen LogP contribution < -0.4 is 10.1 Å². The van der Waals surface area contributed by atoms with Crippen LogP contribution in [-0.4, -0.2) is 16.7 Å². The Morgan fingerprint density at radius 2 is 2.28 bits per heavy atom. The van der Waals surface area contributed by atoms with Gasteiger partial charge in [0.1, 0.15) is 5.75 Å². The Labute approximate surface area is 115 Å². The molecule has 1 heterocycles. The molecule has 0 aliphatic heterocycles. The summed E-state index contributed by atoms with van der Waals surface area (Å²) in [6, 6.07) is 5.86. The Balaban J connectivity index is 2.10. The molecule has 0 aliphatic carbocycles. The fraction of sp³-hybridized carbons (Fsp3) is 0.308. The van der Waals surface area contributed by atoms with Crippen molar-refractivity contribution in [3.63, 3.8) is 0 Å². The van der Waals surface area contributed by atoms with Crippen molar-refractivity contribution in [1.29, 1.82) is 0 Å². The largest absolute Gasteiger partial charge is 0.497 e. The van der Waals surface area contributed by atoms with Gasteiger partial charge in [-0.25, -0.2) is 4.98 Å². The summed E-state index contributed by atoms with van der Waals surface area (Å²) >= 11 is 3.52. The van der Waals surface area contributed by atoms with Gasteiger partial charge in [0, 0.05) is 23.3 Å². The van der Waals surface area contributed by atoms with E-state index in [2.05, 4.69) is 37.7 Å². The van der Waals surface area contributed by atoms with Gasteiger partial charge in [0.05, 0.1) is 31.4 Å². The lowest BCUT2D eigenvalue weighted by Crippen LogP contribution is -2.06. The molecule has 0 spiro atoms. The maximum atomic E-state index is 5.21. The van der Waals surface area contributed by atoms with E-state index < -0.39 is 0 Å².